The molecule has 6 nitrogen and oxygen atoms in total. The van der Waals surface area contributed by atoms with Gasteiger partial charge in [0.05, 0.1) is 6.61 Å². The van der Waals surface area contributed by atoms with Crippen LogP contribution in [0.5, 0.6) is 0 Å². The van der Waals surface area contributed by atoms with Gasteiger partial charge in [-0.3, -0.25) is 0 Å². The van der Waals surface area contributed by atoms with Crippen LogP contribution in [0.15, 0.2) is 0 Å². The summed E-state index contributed by atoms with van der Waals surface area (Å²) in [6.07, 6.45) is 0.627. The molecule has 0 aromatic rings. The number of aliphatic carboxylic acids is 1. The van der Waals surface area contributed by atoms with Crippen LogP contribution in [0.25, 0.3) is 0 Å². The van der Waals surface area contributed by atoms with Crippen molar-refractivity contribution in [2.75, 3.05) is 18.6 Å². The number of carboxylic acids is 1. The molecule has 3 N–H and O–H groups in total. The molecule has 16 heavy (non-hydrogen) atoms. The summed E-state index contributed by atoms with van der Waals surface area (Å²) in [5, 5.41) is 25.3. The lowest BCUT2D eigenvalue weighted by atomic mass is 10.3. The molecule has 0 aromatic heterocycles. The minimum Gasteiger partial charge on any atom is -0.479 e. The molecule has 94 valence electrons. The molecule has 1 aliphatic rings. The van der Waals surface area contributed by atoms with Crippen molar-refractivity contribution in [1.29, 1.82) is 0 Å². The van der Waals surface area contributed by atoms with Crippen molar-refractivity contribution in [2.24, 2.45) is 0 Å². The monoisotopic (exact) mass is 252 g/mol. The number of hydrogen-bond donors (Lipinski definition) is 3. The number of carbonyl (C=O) groups excluding carboxylic acids is 1. The van der Waals surface area contributed by atoms with Crippen molar-refractivity contribution >= 4 is 23.7 Å². The number of carbonyl (C=O) groups is 2. The minimum atomic E-state index is -1.18. The molecule has 0 spiro atoms. The molecule has 2 atom stereocenters. The molecule has 1 rings (SSSR count). The Kier molecular flexibility index (Phi) is 7.96. The van der Waals surface area contributed by atoms with Crippen LogP contribution in [0.4, 0.5) is 0 Å². The SMILES string of the molecule is CSCCC(O)C(=O)O.O=C1OCCC1O. The van der Waals surface area contributed by atoms with Crippen LogP contribution in [0.3, 0.4) is 0 Å². The zero-order chi connectivity index (χ0) is 12.6. The molecular weight excluding hydrogens is 236 g/mol. The number of thioether (sulfide) groups is 1. The molecular formula is C9H16O6S. The van der Waals surface area contributed by atoms with Gasteiger partial charge in [-0.15, -0.1) is 0 Å². The molecule has 1 saturated heterocycles. The van der Waals surface area contributed by atoms with Gasteiger partial charge < -0.3 is 20.1 Å². The molecule has 0 bridgehead atoms. The zero-order valence-corrected chi connectivity index (χ0v) is 9.77. The van der Waals surface area contributed by atoms with Crippen molar-refractivity contribution in [3.05, 3.63) is 0 Å². The van der Waals surface area contributed by atoms with Gasteiger partial charge in [0.2, 0.25) is 0 Å². The molecule has 2 unspecified atom stereocenters. The van der Waals surface area contributed by atoms with Gasteiger partial charge in [0, 0.05) is 6.42 Å². The second-order valence-corrected chi connectivity index (χ2v) is 4.09. The van der Waals surface area contributed by atoms with E-state index in [2.05, 4.69) is 4.74 Å². The molecule has 1 heterocycles. The van der Waals surface area contributed by atoms with Gasteiger partial charge in [-0.05, 0) is 18.4 Å². The largest absolute Gasteiger partial charge is 0.479 e. The van der Waals surface area contributed by atoms with Crippen LogP contribution in [-0.2, 0) is 14.3 Å². The highest BCUT2D eigenvalue weighted by Gasteiger charge is 2.22. The maximum absolute atomic E-state index is 10.1. The highest BCUT2D eigenvalue weighted by Crippen LogP contribution is 2.03. The summed E-state index contributed by atoms with van der Waals surface area (Å²) in [5.41, 5.74) is 0. The van der Waals surface area contributed by atoms with Crippen LogP contribution < -0.4 is 0 Å². The van der Waals surface area contributed by atoms with E-state index in [9.17, 15) is 9.59 Å². The Morgan fingerprint density at radius 3 is 2.56 bits per heavy atom. The molecule has 7 heteroatoms. The van der Waals surface area contributed by atoms with Crippen LogP contribution in [-0.4, -0.2) is 58.1 Å². The number of hydrogen-bond acceptors (Lipinski definition) is 6. The lowest BCUT2D eigenvalue weighted by Crippen LogP contribution is -2.19. The molecule has 0 saturated carbocycles. The van der Waals surface area contributed by atoms with Crippen molar-refractivity contribution < 1.29 is 29.6 Å². The summed E-state index contributed by atoms with van der Waals surface area (Å²) in [7, 11) is 0. The Hall–Kier alpha value is -0.790. The number of aliphatic hydroxyl groups is 2. The standard InChI is InChI=1S/C5H10O3S.C4H6O3/c1-9-3-2-4(6)5(7)8;5-3-1-2-7-4(3)6/h4,6H,2-3H2,1H3,(H,7,8);3,5H,1-2H2. The van der Waals surface area contributed by atoms with E-state index in [1.165, 1.54) is 11.8 Å². The minimum absolute atomic E-state index is 0.330. The van der Waals surface area contributed by atoms with Crippen LogP contribution in [0.1, 0.15) is 12.8 Å². The van der Waals surface area contributed by atoms with E-state index < -0.39 is 24.1 Å². The molecule has 0 aromatic carbocycles. The van der Waals surface area contributed by atoms with E-state index >= 15 is 0 Å². The van der Waals surface area contributed by atoms with E-state index in [4.69, 9.17) is 15.3 Å². The first kappa shape index (κ1) is 15.2. The van der Waals surface area contributed by atoms with Gasteiger partial charge in [-0.25, -0.2) is 9.59 Å². The Balaban J connectivity index is 0.000000288. The highest BCUT2D eigenvalue weighted by molar-refractivity contribution is 7.98. The Morgan fingerprint density at radius 2 is 2.31 bits per heavy atom. The highest BCUT2D eigenvalue weighted by atomic mass is 32.2. The van der Waals surface area contributed by atoms with Gasteiger partial charge in [0.25, 0.3) is 0 Å². The van der Waals surface area contributed by atoms with E-state index in [1.807, 2.05) is 6.26 Å². The fourth-order valence-corrected chi connectivity index (χ4v) is 1.30. The number of ether oxygens (including phenoxy) is 1. The quantitative estimate of drug-likeness (QED) is 0.578. The van der Waals surface area contributed by atoms with Crippen LogP contribution in [0.2, 0.25) is 0 Å². The van der Waals surface area contributed by atoms with Gasteiger partial charge in [0.15, 0.2) is 12.2 Å². The van der Waals surface area contributed by atoms with Crippen molar-refractivity contribution in [3.63, 3.8) is 0 Å². The lowest BCUT2D eigenvalue weighted by Gasteiger charge is -2.01. The van der Waals surface area contributed by atoms with Crippen molar-refractivity contribution in [3.8, 4) is 0 Å². The average Bonchev–Trinajstić information content (AvgIpc) is 2.60. The number of esters is 1. The van der Waals surface area contributed by atoms with Crippen LogP contribution in [0, 0.1) is 0 Å². The summed E-state index contributed by atoms with van der Waals surface area (Å²) >= 11 is 1.52. The number of cyclic esters (lactones) is 1. The number of rotatable bonds is 4. The fourth-order valence-electron chi connectivity index (χ4n) is 0.838. The fraction of sp³-hybridized carbons (Fsp3) is 0.778. The number of aliphatic hydroxyl groups excluding tert-OH is 2. The average molecular weight is 252 g/mol. The summed E-state index contributed by atoms with van der Waals surface area (Å²) in [5.74, 6) is -0.933. The molecule has 1 fully saturated rings. The third kappa shape index (κ3) is 6.65. The maximum atomic E-state index is 10.1. The summed E-state index contributed by atoms with van der Waals surface area (Å²) in [6.45, 7) is 0.375. The summed E-state index contributed by atoms with van der Waals surface area (Å²) < 4.78 is 4.38. The molecule has 0 aliphatic carbocycles. The van der Waals surface area contributed by atoms with E-state index in [1.54, 1.807) is 0 Å². The third-order valence-electron chi connectivity index (χ3n) is 1.79. The third-order valence-corrected chi connectivity index (χ3v) is 2.43. The van der Waals surface area contributed by atoms with Crippen LogP contribution >= 0.6 is 11.8 Å². The lowest BCUT2D eigenvalue weighted by molar-refractivity contribution is -0.146. The second-order valence-electron chi connectivity index (χ2n) is 3.11. The predicted molar refractivity (Wildman–Crippen MR) is 58.2 cm³/mol. The summed E-state index contributed by atoms with van der Waals surface area (Å²) in [6, 6.07) is 0. The summed E-state index contributed by atoms with van der Waals surface area (Å²) in [4.78, 5) is 20.0. The first-order valence-electron chi connectivity index (χ1n) is 4.73. The normalized spacial score (nSPS) is 20.7. The van der Waals surface area contributed by atoms with Gasteiger partial charge in [-0.2, -0.15) is 11.8 Å². The first-order chi connectivity index (χ1) is 7.49. The van der Waals surface area contributed by atoms with Gasteiger partial charge >= 0.3 is 11.9 Å². The second kappa shape index (κ2) is 8.37. The molecule has 0 radical (unpaired) electrons. The van der Waals surface area contributed by atoms with E-state index in [0.29, 0.717) is 25.2 Å². The first-order valence-corrected chi connectivity index (χ1v) is 6.13. The Bertz CT molecular complexity index is 232. The van der Waals surface area contributed by atoms with Gasteiger partial charge in [0.1, 0.15) is 0 Å². The van der Waals surface area contributed by atoms with E-state index in [-0.39, 0.29) is 0 Å². The van der Waals surface area contributed by atoms with Crippen molar-refractivity contribution in [2.45, 2.75) is 25.0 Å². The predicted octanol–water partition coefficient (Wildman–Crippen LogP) is -0.521. The molecule has 0 amide bonds. The Labute approximate surface area is 97.6 Å². The van der Waals surface area contributed by atoms with Gasteiger partial charge in [-0.1, -0.05) is 0 Å². The topological polar surface area (TPSA) is 104 Å². The zero-order valence-electron chi connectivity index (χ0n) is 8.96. The maximum Gasteiger partial charge on any atom is 0.335 e. The molecule has 1 aliphatic heterocycles. The Morgan fingerprint density at radius 1 is 1.69 bits per heavy atom. The smallest absolute Gasteiger partial charge is 0.335 e. The van der Waals surface area contributed by atoms with E-state index in [0.717, 1.165) is 0 Å². The number of carboxylic acid groups (broad SMARTS) is 1. The van der Waals surface area contributed by atoms with Crippen molar-refractivity contribution in [1.82, 2.24) is 0 Å².